The first-order valence-corrected chi connectivity index (χ1v) is 11.3. The zero-order chi connectivity index (χ0) is 19.6. The van der Waals surface area contributed by atoms with E-state index in [1.807, 2.05) is 11.6 Å². The standard InChI is InChI=1S/C18H20FN3O3S2/c1-12-15-10-16(17(23)20-8-3-9-27(2,24)25)26-18(15)22(21-12)11-13-4-6-14(19)7-5-13/h4-7,10H,3,8-9,11H2,1-2H3,(H,20,23). The van der Waals surface area contributed by atoms with E-state index in [9.17, 15) is 17.6 Å². The molecule has 3 rings (SSSR count). The number of carbonyl (C=O) groups excluding carboxylic acids is 1. The summed E-state index contributed by atoms with van der Waals surface area (Å²) in [6, 6.07) is 8.04. The predicted molar refractivity (Wildman–Crippen MR) is 105 cm³/mol. The number of carbonyl (C=O) groups is 1. The van der Waals surface area contributed by atoms with Crippen molar-refractivity contribution >= 4 is 37.3 Å². The second kappa shape index (κ2) is 7.77. The first-order chi connectivity index (χ1) is 12.7. The molecule has 0 spiro atoms. The molecule has 144 valence electrons. The third-order valence-corrected chi connectivity index (χ3v) is 6.23. The summed E-state index contributed by atoms with van der Waals surface area (Å²) in [7, 11) is -3.03. The fourth-order valence-corrected chi connectivity index (χ4v) is 4.46. The molecule has 0 saturated carbocycles. The summed E-state index contributed by atoms with van der Waals surface area (Å²) in [5.74, 6) is -0.463. The number of fused-ring (bicyclic) bond motifs is 1. The van der Waals surface area contributed by atoms with Crippen LogP contribution in [0.3, 0.4) is 0 Å². The molecule has 0 aliphatic rings. The number of halogens is 1. The molecule has 3 aromatic rings. The maximum absolute atomic E-state index is 13.1. The molecule has 2 aromatic heterocycles. The monoisotopic (exact) mass is 409 g/mol. The number of thiophene rings is 1. The van der Waals surface area contributed by atoms with Crippen LogP contribution in [0.5, 0.6) is 0 Å². The molecule has 0 aliphatic heterocycles. The molecule has 0 radical (unpaired) electrons. The van der Waals surface area contributed by atoms with Crippen LogP contribution < -0.4 is 5.32 Å². The predicted octanol–water partition coefficient (Wildman–Crippen LogP) is 2.76. The van der Waals surface area contributed by atoms with Crippen LogP contribution in [0.1, 0.15) is 27.3 Å². The molecule has 27 heavy (non-hydrogen) atoms. The van der Waals surface area contributed by atoms with Gasteiger partial charge in [0.25, 0.3) is 5.91 Å². The van der Waals surface area contributed by atoms with Crippen LogP contribution in [0.2, 0.25) is 0 Å². The minimum absolute atomic E-state index is 0.0471. The number of sulfone groups is 1. The number of aromatic nitrogens is 2. The average molecular weight is 410 g/mol. The van der Waals surface area contributed by atoms with Crippen molar-refractivity contribution in [2.45, 2.75) is 19.9 Å². The second-order valence-electron chi connectivity index (χ2n) is 6.44. The quantitative estimate of drug-likeness (QED) is 0.609. The van der Waals surface area contributed by atoms with Crippen molar-refractivity contribution < 1.29 is 17.6 Å². The Kier molecular flexibility index (Phi) is 5.61. The molecular formula is C18H20FN3O3S2. The van der Waals surface area contributed by atoms with Gasteiger partial charge in [-0.3, -0.25) is 9.48 Å². The van der Waals surface area contributed by atoms with Crippen molar-refractivity contribution in [2.75, 3.05) is 18.6 Å². The number of nitrogens with one attached hydrogen (secondary N) is 1. The van der Waals surface area contributed by atoms with E-state index in [4.69, 9.17) is 0 Å². The minimum Gasteiger partial charge on any atom is -0.351 e. The molecule has 1 aromatic carbocycles. The van der Waals surface area contributed by atoms with E-state index in [-0.39, 0.29) is 17.5 Å². The van der Waals surface area contributed by atoms with Crippen molar-refractivity contribution in [2.24, 2.45) is 0 Å². The third kappa shape index (κ3) is 4.92. The number of rotatable bonds is 7. The summed E-state index contributed by atoms with van der Waals surface area (Å²) < 4.78 is 37.1. The molecule has 9 heteroatoms. The molecule has 1 N–H and O–H groups in total. The Hall–Kier alpha value is -2.26. The van der Waals surface area contributed by atoms with Gasteiger partial charge in [-0.1, -0.05) is 12.1 Å². The van der Waals surface area contributed by atoms with Gasteiger partial charge in [0.05, 0.1) is 22.9 Å². The number of hydrogen-bond acceptors (Lipinski definition) is 5. The van der Waals surface area contributed by atoms with Crippen molar-refractivity contribution in [1.82, 2.24) is 15.1 Å². The van der Waals surface area contributed by atoms with Gasteiger partial charge >= 0.3 is 0 Å². The van der Waals surface area contributed by atoms with Crippen LogP contribution in [0.25, 0.3) is 10.2 Å². The van der Waals surface area contributed by atoms with E-state index >= 15 is 0 Å². The van der Waals surface area contributed by atoms with E-state index in [1.165, 1.54) is 29.7 Å². The zero-order valence-electron chi connectivity index (χ0n) is 15.0. The van der Waals surface area contributed by atoms with Crippen molar-refractivity contribution in [3.8, 4) is 0 Å². The van der Waals surface area contributed by atoms with Crippen molar-refractivity contribution in [3.05, 3.63) is 52.3 Å². The van der Waals surface area contributed by atoms with Crippen LogP contribution in [-0.2, 0) is 16.4 Å². The van der Waals surface area contributed by atoms with Gasteiger partial charge in [-0.15, -0.1) is 11.3 Å². The summed E-state index contributed by atoms with van der Waals surface area (Å²) in [5.41, 5.74) is 1.74. The van der Waals surface area contributed by atoms with Gasteiger partial charge in [0, 0.05) is 18.2 Å². The fraction of sp³-hybridized carbons (Fsp3) is 0.333. The smallest absolute Gasteiger partial charge is 0.261 e. The molecule has 0 aliphatic carbocycles. The Balaban J connectivity index is 1.73. The molecule has 1 amide bonds. The molecule has 0 unspecified atom stereocenters. The summed E-state index contributed by atoms with van der Waals surface area (Å²) >= 11 is 1.33. The lowest BCUT2D eigenvalue weighted by Gasteiger charge is -2.04. The Labute approximate surface area is 160 Å². The number of nitrogens with zero attached hydrogens (tertiary/aromatic N) is 2. The van der Waals surface area contributed by atoms with Gasteiger partial charge in [-0.25, -0.2) is 12.8 Å². The minimum atomic E-state index is -3.03. The van der Waals surface area contributed by atoms with Crippen LogP contribution in [0, 0.1) is 12.7 Å². The zero-order valence-corrected chi connectivity index (χ0v) is 16.7. The maximum atomic E-state index is 13.1. The first kappa shape index (κ1) is 19.5. The topological polar surface area (TPSA) is 81.1 Å². The summed E-state index contributed by atoms with van der Waals surface area (Å²) in [5, 5.41) is 8.16. The molecule has 0 atom stereocenters. The average Bonchev–Trinajstić information content (AvgIpc) is 3.15. The highest BCUT2D eigenvalue weighted by atomic mass is 32.2. The van der Waals surface area contributed by atoms with Crippen LogP contribution in [0.15, 0.2) is 30.3 Å². The van der Waals surface area contributed by atoms with Crippen LogP contribution in [0.4, 0.5) is 4.39 Å². The third-order valence-electron chi connectivity index (χ3n) is 4.05. The lowest BCUT2D eigenvalue weighted by Crippen LogP contribution is -2.25. The Morgan fingerprint density at radius 2 is 2.00 bits per heavy atom. The normalized spacial score (nSPS) is 11.8. The van der Waals surface area contributed by atoms with E-state index in [2.05, 4.69) is 10.4 Å². The van der Waals surface area contributed by atoms with E-state index in [0.717, 1.165) is 21.5 Å². The Bertz CT molecular complexity index is 1070. The molecule has 0 bridgehead atoms. The van der Waals surface area contributed by atoms with Gasteiger partial charge in [0.2, 0.25) is 0 Å². The Morgan fingerprint density at radius 1 is 1.30 bits per heavy atom. The fourth-order valence-electron chi connectivity index (χ4n) is 2.72. The van der Waals surface area contributed by atoms with Gasteiger partial charge < -0.3 is 5.32 Å². The van der Waals surface area contributed by atoms with Gasteiger partial charge in [0.15, 0.2) is 0 Å². The van der Waals surface area contributed by atoms with Gasteiger partial charge in [-0.05, 0) is 37.1 Å². The number of hydrogen-bond donors (Lipinski definition) is 1. The van der Waals surface area contributed by atoms with E-state index in [0.29, 0.717) is 24.4 Å². The number of amides is 1. The first-order valence-electron chi connectivity index (χ1n) is 8.40. The number of aryl methyl sites for hydroxylation is 1. The molecular weight excluding hydrogens is 389 g/mol. The largest absolute Gasteiger partial charge is 0.351 e. The number of benzene rings is 1. The highest BCUT2D eigenvalue weighted by Gasteiger charge is 2.16. The van der Waals surface area contributed by atoms with E-state index < -0.39 is 9.84 Å². The van der Waals surface area contributed by atoms with Crippen molar-refractivity contribution in [1.29, 1.82) is 0 Å². The second-order valence-corrected chi connectivity index (χ2v) is 9.73. The molecule has 6 nitrogen and oxygen atoms in total. The van der Waals surface area contributed by atoms with Crippen LogP contribution in [-0.4, -0.2) is 42.7 Å². The lowest BCUT2D eigenvalue weighted by atomic mass is 10.2. The van der Waals surface area contributed by atoms with Crippen LogP contribution >= 0.6 is 11.3 Å². The van der Waals surface area contributed by atoms with Gasteiger partial charge in [-0.2, -0.15) is 5.10 Å². The maximum Gasteiger partial charge on any atom is 0.261 e. The Morgan fingerprint density at radius 3 is 2.67 bits per heavy atom. The summed E-state index contributed by atoms with van der Waals surface area (Å²) in [6.45, 7) is 2.67. The summed E-state index contributed by atoms with van der Waals surface area (Å²) in [6.07, 6.45) is 1.56. The summed E-state index contributed by atoms with van der Waals surface area (Å²) in [4.78, 5) is 13.8. The molecule has 0 saturated heterocycles. The highest BCUT2D eigenvalue weighted by molar-refractivity contribution is 7.90. The SMILES string of the molecule is Cc1nn(Cc2ccc(F)cc2)c2sc(C(=O)NCCCS(C)(=O)=O)cc12. The molecule has 2 heterocycles. The lowest BCUT2D eigenvalue weighted by molar-refractivity contribution is 0.0958. The molecule has 0 fully saturated rings. The highest BCUT2D eigenvalue weighted by Crippen LogP contribution is 2.28. The van der Waals surface area contributed by atoms with Gasteiger partial charge in [0.1, 0.15) is 20.5 Å². The van der Waals surface area contributed by atoms with Crippen molar-refractivity contribution in [3.63, 3.8) is 0 Å². The van der Waals surface area contributed by atoms with E-state index in [1.54, 1.807) is 18.2 Å².